The average molecular weight is 305 g/mol. The normalized spacial score (nSPS) is 9.81. The Morgan fingerprint density at radius 1 is 1.33 bits per heavy atom. The van der Waals surface area contributed by atoms with Crippen molar-refractivity contribution in [2.75, 3.05) is 13.7 Å². The lowest BCUT2D eigenvalue weighted by molar-refractivity contribution is 0.312. The van der Waals surface area contributed by atoms with Gasteiger partial charge in [-0.1, -0.05) is 17.5 Å². The predicted octanol–water partition coefficient (Wildman–Crippen LogP) is 3.48. The van der Waals surface area contributed by atoms with Crippen molar-refractivity contribution in [3.05, 3.63) is 41.4 Å². The van der Waals surface area contributed by atoms with Crippen LogP contribution in [0.25, 0.3) is 0 Å². The average Bonchev–Trinajstić information content (AvgIpc) is 3.01. The molecular weight excluding hydrogens is 288 g/mol. The van der Waals surface area contributed by atoms with Crippen molar-refractivity contribution in [3.63, 3.8) is 0 Å². The zero-order chi connectivity index (χ0) is 14.9. The first-order valence-electron chi connectivity index (χ1n) is 6.70. The van der Waals surface area contributed by atoms with Crippen LogP contribution in [0.4, 0.5) is 0 Å². The molecule has 21 heavy (non-hydrogen) atoms. The highest BCUT2D eigenvalue weighted by Gasteiger charge is 2.02. The number of nitrogens with zero attached hydrogens (tertiary/aromatic N) is 1. The lowest BCUT2D eigenvalue weighted by atomic mass is 10.3. The van der Waals surface area contributed by atoms with Gasteiger partial charge in [0.15, 0.2) is 0 Å². The van der Waals surface area contributed by atoms with E-state index in [0.717, 1.165) is 24.4 Å². The fourth-order valence-electron chi connectivity index (χ4n) is 1.70. The minimum absolute atomic E-state index is 0.554. The molecule has 0 saturated heterocycles. The number of imidazole rings is 1. The van der Waals surface area contributed by atoms with Gasteiger partial charge in [0.05, 0.1) is 25.2 Å². The van der Waals surface area contributed by atoms with Crippen LogP contribution in [0.1, 0.15) is 18.7 Å². The van der Waals surface area contributed by atoms with E-state index in [1.807, 2.05) is 12.1 Å². The standard InChI is InChI=1S/C16H17ClN2O2/c1-20-13-7-8-15(14(17)12-13)21-11-5-3-2-4-6-16-18-9-10-19-16/h7-10,12H,3,5-6,11H2,1H3,(H,18,19). The van der Waals surface area contributed by atoms with Gasteiger partial charge in [0, 0.05) is 24.9 Å². The number of unbranched alkanes of at least 4 members (excludes halogenated alkanes) is 1. The Bertz CT molecular complexity index is 615. The monoisotopic (exact) mass is 304 g/mol. The molecule has 110 valence electrons. The molecule has 0 aliphatic rings. The molecule has 0 spiro atoms. The van der Waals surface area contributed by atoms with Gasteiger partial charge in [0.25, 0.3) is 0 Å². The zero-order valence-electron chi connectivity index (χ0n) is 11.9. The molecule has 0 bridgehead atoms. The van der Waals surface area contributed by atoms with E-state index in [1.165, 1.54) is 0 Å². The third-order valence-corrected chi connectivity index (χ3v) is 3.07. The van der Waals surface area contributed by atoms with E-state index in [1.54, 1.807) is 25.6 Å². The number of methoxy groups -OCH3 is 1. The Morgan fingerprint density at radius 3 is 2.95 bits per heavy atom. The number of hydrogen-bond donors (Lipinski definition) is 1. The summed E-state index contributed by atoms with van der Waals surface area (Å²) in [5, 5.41) is 0.554. The van der Waals surface area contributed by atoms with E-state index in [-0.39, 0.29) is 0 Å². The third-order valence-electron chi connectivity index (χ3n) is 2.78. The number of nitrogens with one attached hydrogen (secondary N) is 1. The molecule has 2 aromatic rings. The molecule has 0 aliphatic heterocycles. The van der Waals surface area contributed by atoms with Crippen LogP contribution in [0.3, 0.4) is 0 Å². The smallest absolute Gasteiger partial charge is 0.138 e. The second kappa shape index (κ2) is 8.23. The second-order valence-corrected chi connectivity index (χ2v) is 4.72. The number of aromatic amines is 1. The Hall–Kier alpha value is -2.12. The maximum atomic E-state index is 6.08. The summed E-state index contributed by atoms with van der Waals surface area (Å²) in [4.78, 5) is 7.12. The van der Waals surface area contributed by atoms with Gasteiger partial charge < -0.3 is 14.5 Å². The van der Waals surface area contributed by atoms with E-state index < -0.39 is 0 Å². The largest absolute Gasteiger partial charge is 0.497 e. The summed E-state index contributed by atoms with van der Waals surface area (Å²) >= 11 is 6.08. The van der Waals surface area contributed by atoms with E-state index in [2.05, 4.69) is 21.8 Å². The summed E-state index contributed by atoms with van der Waals surface area (Å²) in [5.41, 5.74) is 0. The maximum absolute atomic E-state index is 6.08. The molecule has 1 aromatic heterocycles. The fraction of sp³-hybridized carbons (Fsp3) is 0.312. The summed E-state index contributed by atoms with van der Waals surface area (Å²) in [7, 11) is 1.60. The Labute approximate surface area is 129 Å². The summed E-state index contributed by atoms with van der Waals surface area (Å²) < 4.78 is 10.7. The van der Waals surface area contributed by atoms with Crippen LogP contribution in [-0.2, 0) is 6.42 Å². The highest BCUT2D eigenvalue weighted by molar-refractivity contribution is 6.32. The van der Waals surface area contributed by atoms with Crippen LogP contribution in [0.2, 0.25) is 5.02 Å². The number of benzene rings is 1. The van der Waals surface area contributed by atoms with Gasteiger partial charge in [-0.25, -0.2) is 4.98 Å². The Balaban J connectivity index is 1.67. The number of rotatable bonds is 6. The molecule has 2 rings (SSSR count). The first-order chi connectivity index (χ1) is 10.3. The van der Waals surface area contributed by atoms with Gasteiger partial charge in [-0.3, -0.25) is 0 Å². The maximum Gasteiger partial charge on any atom is 0.138 e. The SMILES string of the molecule is COc1ccc(OCCCC#CCc2ncc[nH]2)c(Cl)c1. The van der Waals surface area contributed by atoms with Gasteiger partial charge in [-0.2, -0.15) is 0 Å². The molecule has 0 radical (unpaired) electrons. The van der Waals surface area contributed by atoms with Gasteiger partial charge in [-0.05, 0) is 18.6 Å². The second-order valence-electron chi connectivity index (χ2n) is 4.31. The lowest BCUT2D eigenvalue weighted by Gasteiger charge is -2.08. The summed E-state index contributed by atoms with van der Waals surface area (Å²) in [5.74, 6) is 8.45. The minimum Gasteiger partial charge on any atom is -0.497 e. The number of hydrogen-bond acceptors (Lipinski definition) is 3. The summed E-state index contributed by atoms with van der Waals surface area (Å²) in [6.45, 7) is 0.585. The van der Waals surface area contributed by atoms with Crippen LogP contribution in [-0.4, -0.2) is 23.7 Å². The Kier molecular flexibility index (Phi) is 5.99. The quantitative estimate of drug-likeness (QED) is 0.656. The van der Waals surface area contributed by atoms with Crippen LogP contribution < -0.4 is 9.47 Å². The summed E-state index contributed by atoms with van der Waals surface area (Å²) in [6, 6.07) is 5.37. The van der Waals surface area contributed by atoms with Crippen LogP contribution in [0, 0.1) is 11.8 Å². The van der Waals surface area contributed by atoms with Crippen molar-refractivity contribution >= 4 is 11.6 Å². The van der Waals surface area contributed by atoms with Crippen molar-refractivity contribution in [1.29, 1.82) is 0 Å². The summed E-state index contributed by atoms with van der Waals surface area (Å²) in [6.07, 6.45) is 5.81. The van der Waals surface area contributed by atoms with Crippen molar-refractivity contribution < 1.29 is 9.47 Å². The zero-order valence-corrected chi connectivity index (χ0v) is 12.6. The molecule has 1 aromatic carbocycles. The van der Waals surface area contributed by atoms with Crippen LogP contribution in [0.5, 0.6) is 11.5 Å². The van der Waals surface area contributed by atoms with Crippen molar-refractivity contribution in [3.8, 4) is 23.3 Å². The molecule has 4 nitrogen and oxygen atoms in total. The van der Waals surface area contributed by atoms with Crippen molar-refractivity contribution in [2.45, 2.75) is 19.3 Å². The highest BCUT2D eigenvalue weighted by Crippen LogP contribution is 2.28. The van der Waals surface area contributed by atoms with Crippen molar-refractivity contribution in [1.82, 2.24) is 9.97 Å². The molecule has 0 atom stereocenters. The molecule has 1 heterocycles. The highest BCUT2D eigenvalue weighted by atomic mass is 35.5. The molecule has 0 amide bonds. The fourth-order valence-corrected chi connectivity index (χ4v) is 1.92. The first-order valence-corrected chi connectivity index (χ1v) is 7.07. The van der Waals surface area contributed by atoms with Gasteiger partial charge in [-0.15, -0.1) is 5.92 Å². The van der Waals surface area contributed by atoms with Gasteiger partial charge in [0.2, 0.25) is 0 Å². The van der Waals surface area contributed by atoms with E-state index in [4.69, 9.17) is 21.1 Å². The predicted molar refractivity (Wildman–Crippen MR) is 82.8 cm³/mol. The first kappa shape index (κ1) is 15.3. The number of ether oxygens (including phenoxy) is 2. The van der Waals surface area contributed by atoms with Crippen LogP contribution >= 0.6 is 11.6 Å². The number of H-pyrrole nitrogens is 1. The molecule has 0 saturated carbocycles. The topological polar surface area (TPSA) is 47.1 Å². The van der Waals surface area contributed by atoms with Gasteiger partial charge >= 0.3 is 0 Å². The molecule has 0 fully saturated rings. The van der Waals surface area contributed by atoms with E-state index in [0.29, 0.717) is 23.8 Å². The van der Waals surface area contributed by atoms with Crippen LogP contribution in [0.15, 0.2) is 30.6 Å². The van der Waals surface area contributed by atoms with Gasteiger partial charge in [0.1, 0.15) is 17.3 Å². The van der Waals surface area contributed by atoms with E-state index in [9.17, 15) is 0 Å². The third kappa shape index (κ3) is 5.05. The van der Waals surface area contributed by atoms with Crippen molar-refractivity contribution in [2.24, 2.45) is 0 Å². The molecule has 0 unspecified atom stereocenters. The molecule has 5 heteroatoms. The molecule has 1 N–H and O–H groups in total. The molecular formula is C16H17ClN2O2. The Morgan fingerprint density at radius 2 is 2.24 bits per heavy atom. The number of halogens is 1. The molecule has 0 aliphatic carbocycles. The lowest BCUT2D eigenvalue weighted by Crippen LogP contribution is -1.97. The minimum atomic E-state index is 0.554. The number of aromatic nitrogens is 2. The van der Waals surface area contributed by atoms with E-state index >= 15 is 0 Å².